The van der Waals surface area contributed by atoms with E-state index < -0.39 is 5.54 Å². The average Bonchev–Trinajstić information content (AvgIpc) is 3.24. The summed E-state index contributed by atoms with van der Waals surface area (Å²) >= 11 is 0. The fourth-order valence-corrected chi connectivity index (χ4v) is 3.85. The smallest absolute Gasteiger partial charge is 0.253 e. The SMILES string of the molecule is NC1(C(=O)N2CCN(C(=O)c3ccc(-c4ccc5occc5n4)cc3)CC2)COC1. The van der Waals surface area contributed by atoms with E-state index in [0.717, 1.165) is 22.4 Å². The maximum Gasteiger partial charge on any atom is 0.253 e. The summed E-state index contributed by atoms with van der Waals surface area (Å²) in [7, 11) is 0. The molecule has 3 aromatic rings. The van der Waals surface area contributed by atoms with Crippen molar-refractivity contribution in [1.82, 2.24) is 14.8 Å². The summed E-state index contributed by atoms with van der Waals surface area (Å²) < 4.78 is 10.4. The van der Waals surface area contributed by atoms with Crippen LogP contribution in [0.15, 0.2) is 53.1 Å². The van der Waals surface area contributed by atoms with E-state index in [2.05, 4.69) is 4.98 Å². The fourth-order valence-electron chi connectivity index (χ4n) is 3.85. The Morgan fingerprint density at radius 1 is 0.933 bits per heavy atom. The summed E-state index contributed by atoms with van der Waals surface area (Å²) in [5.41, 5.74) is 9.06. The largest absolute Gasteiger partial charge is 0.463 e. The maximum absolute atomic E-state index is 12.9. The minimum atomic E-state index is -0.893. The average molecular weight is 406 g/mol. The van der Waals surface area contributed by atoms with Gasteiger partial charge in [-0.25, -0.2) is 4.98 Å². The molecule has 2 amide bonds. The highest BCUT2D eigenvalue weighted by Crippen LogP contribution is 2.23. The van der Waals surface area contributed by atoms with E-state index in [9.17, 15) is 9.59 Å². The van der Waals surface area contributed by atoms with Gasteiger partial charge < -0.3 is 24.7 Å². The number of fused-ring (bicyclic) bond motifs is 1. The molecule has 0 spiro atoms. The van der Waals surface area contributed by atoms with Gasteiger partial charge in [-0.15, -0.1) is 0 Å². The quantitative estimate of drug-likeness (QED) is 0.707. The van der Waals surface area contributed by atoms with Gasteiger partial charge in [-0.05, 0) is 24.3 Å². The number of nitrogens with zero attached hydrogens (tertiary/aromatic N) is 3. The van der Waals surface area contributed by atoms with Crippen LogP contribution in [0, 0.1) is 0 Å². The van der Waals surface area contributed by atoms with Crippen LogP contribution >= 0.6 is 0 Å². The zero-order valence-electron chi connectivity index (χ0n) is 16.4. The van der Waals surface area contributed by atoms with Gasteiger partial charge in [0.2, 0.25) is 5.91 Å². The Kier molecular flexibility index (Phi) is 4.52. The summed E-state index contributed by atoms with van der Waals surface area (Å²) in [5.74, 6) is -0.131. The molecule has 2 aliphatic heterocycles. The number of amides is 2. The first-order valence-corrected chi connectivity index (χ1v) is 9.93. The lowest BCUT2D eigenvalue weighted by Crippen LogP contribution is -2.68. The Hall–Kier alpha value is -3.23. The molecule has 0 radical (unpaired) electrons. The number of hydrogen-bond donors (Lipinski definition) is 1. The second-order valence-corrected chi connectivity index (χ2v) is 7.81. The van der Waals surface area contributed by atoms with Gasteiger partial charge in [-0.1, -0.05) is 12.1 Å². The van der Waals surface area contributed by atoms with E-state index in [1.807, 2.05) is 42.5 Å². The van der Waals surface area contributed by atoms with Crippen LogP contribution < -0.4 is 5.73 Å². The molecule has 2 aliphatic rings. The molecule has 0 unspecified atom stereocenters. The highest BCUT2D eigenvalue weighted by molar-refractivity contribution is 5.95. The van der Waals surface area contributed by atoms with Crippen molar-refractivity contribution in [2.45, 2.75) is 5.54 Å². The van der Waals surface area contributed by atoms with Crippen LogP contribution in [0.25, 0.3) is 22.4 Å². The lowest BCUT2D eigenvalue weighted by molar-refractivity contribution is -0.155. The normalized spacial score (nSPS) is 18.3. The molecule has 8 nitrogen and oxygen atoms in total. The molecule has 2 aromatic heterocycles. The number of piperazine rings is 1. The van der Waals surface area contributed by atoms with Gasteiger partial charge >= 0.3 is 0 Å². The van der Waals surface area contributed by atoms with Crippen molar-refractivity contribution in [3.8, 4) is 11.3 Å². The van der Waals surface area contributed by atoms with Crippen molar-refractivity contribution < 1.29 is 18.7 Å². The number of hydrogen-bond acceptors (Lipinski definition) is 6. The van der Waals surface area contributed by atoms with E-state index in [1.54, 1.807) is 16.1 Å². The molecule has 2 fully saturated rings. The van der Waals surface area contributed by atoms with Crippen LogP contribution in [0.2, 0.25) is 0 Å². The van der Waals surface area contributed by atoms with Crippen LogP contribution in [0.1, 0.15) is 10.4 Å². The lowest BCUT2D eigenvalue weighted by Gasteiger charge is -2.43. The van der Waals surface area contributed by atoms with Gasteiger partial charge in [0.15, 0.2) is 5.58 Å². The topological polar surface area (TPSA) is 102 Å². The molecule has 0 atom stereocenters. The summed E-state index contributed by atoms with van der Waals surface area (Å²) in [6.45, 7) is 2.47. The number of rotatable bonds is 3. The first kappa shape index (κ1) is 18.8. The van der Waals surface area contributed by atoms with Crippen LogP contribution in [0.3, 0.4) is 0 Å². The Morgan fingerprint density at radius 2 is 1.63 bits per heavy atom. The lowest BCUT2D eigenvalue weighted by atomic mass is 9.96. The minimum absolute atomic E-state index is 0.0404. The van der Waals surface area contributed by atoms with Crippen molar-refractivity contribution in [3.05, 3.63) is 54.3 Å². The molecule has 2 N–H and O–H groups in total. The second-order valence-electron chi connectivity index (χ2n) is 7.81. The molecule has 4 heterocycles. The molecular formula is C22H22N4O4. The van der Waals surface area contributed by atoms with Gasteiger partial charge in [0.05, 0.1) is 25.2 Å². The number of benzene rings is 1. The van der Waals surface area contributed by atoms with Crippen molar-refractivity contribution >= 4 is 22.9 Å². The van der Waals surface area contributed by atoms with Crippen molar-refractivity contribution in [3.63, 3.8) is 0 Å². The van der Waals surface area contributed by atoms with Crippen LogP contribution in [0.4, 0.5) is 0 Å². The molecule has 30 heavy (non-hydrogen) atoms. The predicted molar refractivity (Wildman–Crippen MR) is 110 cm³/mol. The number of pyridine rings is 1. The molecule has 2 saturated heterocycles. The maximum atomic E-state index is 12.9. The number of aromatic nitrogens is 1. The summed E-state index contributed by atoms with van der Waals surface area (Å²) in [6.07, 6.45) is 1.61. The van der Waals surface area contributed by atoms with Crippen molar-refractivity contribution in [1.29, 1.82) is 0 Å². The third-order valence-corrected chi connectivity index (χ3v) is 5.73. The van der Waals surface area contributed by atoms with Gasteiger partial charge in [0, 0.05) is 43.4 Å². The molecule has 1 aromatic carbocycles. The summed E-state index contributed by atoms with van der Waals surface area (Å²) in [4.78, 5) is 33.5. The van der Waals surface area contributed by atoms with E-state index in [4.69, 9.17) is 14.9 Å². The fraction of sp³-hybridized carbons (Fsp3) is 0.318. The highest BCUT2D eigenvalue weighted by Gasteiger charge is 2.45. The molecular weight excluding hydrogens is 384 g/mol. The Bertz CT molecular complexity index is 1100. The number of ether oxygens (including phenoxy) is 1. The van der Waals surface area contributed by atoms with E-state index in [1.165, 1.54) is 0 Å². The van der Waals surface area contributed by atoms with Gasteiger partial charge in [0.1, 0.15) is 11.1 Å². The highest BCUT2D eigenvalue weighted by atomic mass is 16.5. The number of furan rings is 1. The minimum Gasteiger partial charge on any atom is -0.463 e. The van der Waals surface area contributed by atoms with Crippen LogP contribution in [-0.4, -0.2) is 71.5 Å². The molecule has 0 aliphatic carbocycles. The molecule has 0 bridgehead atoms. The van der Waals surface area contributed by atoms with E-state index in [0.29, 0.717) is 31.7 Å². The van der Waals surface area contributed by atoms with Crippen LogP contribution in [-0.2, 0) is 9.53 Å². The zero-order chi connectivity index (χ0) is 20.7. The number of nitrogens with two attached hydrogens (primary N) is 1. The Balaban J connectivity index is 1.24. The third kappa shape index (κ3) is 3.24. The summed E-state index contributed by atoms with van der Waals surface area (Å²) in [5, 5.41) is 0. The second kappa shape index (κ2) is 7.23. The number of carbonyl (C=O) groups excluding carboxylic acids is 2. The van der Waals surface area contributed by atoms with Crippen molar-refractivity contribution in [2.75, 3.05) is 39.4 Å². The zero-order valence-corrected chi connectivity index (χ0v) is 16.4. The first-order chi connectivity index (χ1) is 14.5. The Labute approximate surface area is 173 Å². The van der Waals surface area contributed by atoms with Crippen LogP contribution in [0.5, 0.6) is 0 Å². The van der Waals surface area contributed by atoms with E-state index in [-0.39, 0.29) is 25.0 Å². The van der Waals surface area contributed by atoms with Gasteiger partial charge in [-0.2, -0.15) is 0 Å². The number of carbonyl (C=O) groups is 2. The summed E-state index contributed by atoms with van der Waals surface area (Å²) in [6, 6.07) is 13.0. The molecule has 8 heteroatoms. The van der Waals surface area contributed by atoms with E-state index >= 15 is 0 Å². The molecule has 0 saturated carbocycles. The molecule has 154 valence electrons. The monoisotopic (exact) mass is 406 g/mol. The van der Waals surface area contributed by atoms with Gasteiger partial charge in [-0.3, -0.25) is 9.59 Å². The standard InChI is InChI=1S/C22H22N4O4/c23-22(13-29-14-22)21(28)26-10-8-25(9-11-26)20(27)16-3-1-15(2-4-16)17-5-6-19-18(24-17)7-12-30-19/h1-7,12H,8-11,13-14,23H2. The van der Waals surface area contributed by atoms with Crippen molar-refractivity contribution in [2.24, 2.45) is 5.73 Å². The predicted octanol–water partition coefficient (Wildman–Crippen LogP) is 1.51. The first-order valence-electron chi connectivity index (χ1n) is 9.93. The molecule has 5 rings (SSSR count). The van der Waals surface area contributed by atoms with Gasteiger partial charge in [0.25, 0.3) is 5.91 Å². The third-order valence-electron chi connectivity index (χ3n) is 5.73. The Morgan fingerprint density at radius 3 is 2.30 bits per heavy atom.